The number of carbonyl (C=O) groups excluding carboxylic acids is 2. The molecular formula is C13H25N3O2. The van der Waals surface area contributed by atoms with Gasteiger partial charge in [-0.1, -0.05) is 20.8 Å². The first-order valence-electron chi connectivity index (χ1n) is 6.72. The standard InChI is InChI=1S/C13H25N3O2/c1-8(2)12(14)13(18)15-7-11(17)16-10-5-4-9(3)6-10/h8-10,12H,4-7,14H2,1-3H3,(H,15,18)(H,16,17)/t9?,10?,12-/m0/s1. The summed E-state index contributed by atoms with van der Waals surface area (Å²) in [6, 6.07) is -0.285. The molecule has 18 heavy (non-hydrogen) atoms. The average Bonchev–Trinajstić information content (AvgIpc) is 2.70. The lowest BCUT2D eigenvalue weighted by Crippen LogP contribution is -2.48. The van der Waals surface area contributed by atoms with Crippen molar-refractivity contribution < 1.29 is 9.59 Å². The van der Waals surface area contributed by atoms with Gasteiger partial charge in [-0.05, 0) is 31.1 Å². The molecule has 0 radical (unpaired) electrons. The lowest BCUT2D eigenvalue weighted by molar-refractivity contribution is -0.127. The molecule has 4 N–H and O–H groups in total. The van der Waals surface area contributed by atoms with Crippen LogP contribution in [0.15, 0.2) is 0 Å². The minimum absolute atomic E-state index is 0.0180. The van der Waals surface area contributed by atoms with Gasteiger partial charge in [-0.25, -0.2) is 0 Å². The normalized spacial score (nSPS) is 24.9. The third-order valence-electron chi connectivity index (χ3n) is 3.50. The minimum Gasteiger partial charge on any atom is -0.352 e. The summed E-state index contributed by atoms with van der Waals surface area (Å²) >= 11 is 0. The highest BCUT2D eigenvalue weighted by Crippen LogP contribution is 2.24. The summed E-state index contributed by atoms with van der Waals surface area (Å²) in [7, 11) is 0. The number of rotatable bonds is 5. The lowest BCUT2D eigenvalue weighted by atomic mass is 10.1. The van der Waals surface area contributed by atoms with Gasteiger partial charge in [-0.15, -0.1) is 0 Å². The molecule has 0 aromatic rings. The van der Waals surface area contributed by atoms with Gasteiger partial charge in [0.15, 0.2) is 0 Å². The molecule has 2 unspecified atom stereocenters. The Morgan fingerprint density at radius 2 is 2.00 bits per heavy atom. The number of hydrogen-bond acceptors (Lipinski definition) is 3. The molecule has 0 aliphatic heterocycles. The van der Waals surface area contributed by atoms with E-state index in [9.17, 15) is 9.59 Å². The van der Waals surface area contributed by atoms with Crippen LogP contribution in [0, 0.1) is 11.8 Å². The van der Waals surface area contributed by atoms with Crippen molar-refractivity contribution in [2.75, 3.05) is 6.54 Å². The van der Waals surface area contributed by atoms with Crippen molar-refractivity contribution in [1.82, 2.24) is 10.6 Å². The maximum absolute atomic E-state index is 11.6. The maximum Gasteiger partial charge on any atom is 0.239 e. The first kappa shape index (κ1) is 15.0. The molecule has 1 aliphatic rings. The predicted molar refractivity (Wildman–Crippen MR) is 70.8 cm³/mol. The highest BCUT2D eigenvalue weighted by Gasteiger charge is 2.23. The van der Waals surface area contributed by atoms with Crippen molar-refractivity contribution in [3.05, 3.63) is 0 Å². The van der Waals surface area contributed by atoms with Crippen molar-refractivity contribution in [2.45, 2.75) is 52.1 Å². The summed E-state index contributed by atoms with van der Waals surface area (Å²) in [5.74, 6) is 0.362. The van der Waals surface area contributed by atoms with Crippen molar-refractivity contribution in [1.29, 1.82) is 0 Å². The van der Waals surface area contributed by atoms with Gasteiger partial charge in [0.1, 0.15) is 0 Å². The molecule has 1 aliphatic carbocycles. The summed E-state index contributed by atoms with van der Waals surface area (Å²) in [6.45, 7) is 5.97. The Kier molecular flexibility index (Phi) is 5.59. The van der Waals surface area contributed by atoms with Gasteiger partial charge in [-0.2, -0.15) is 0 Å². The minimum atomic E-state index is -0.552. The topological polar surface area (TPSA) is 84.2 Å². The molecule has 0 aromatic carbocycles. The lowest BCUT2D eigenvalue weighted by Gasteiger charge is -2.16. The Morgan fingerprint density at radius 1 is 1.33 bits per heavy atom. The number of amides is 2. The average molecular weight is 255 g/mol. The highest BCUT2D eigenvalue weighted by atomic mass is 16.2. The smallest absolute Gasteiger partial charge is 0.239 e. The third-order valence-corrected chi connectivity index (χ3v) is 3.50. The molecular weight excluding hydrogens is 230 g/mol. The van der Waals surface area contributed by atoms with Crippen LogP contribution in [0.1, 0.15) is 40.0 Å². The van der Waals surface area contributed by atoms with Crippen molar-refractivity contribution in [3.8, 4) is 0 Å². The summed E-state index contributed by atoms with van der Waals surface area (Å²) in [5.41, 5.74) is 5.68. The van der Waals surface area contributed by atoms with Gasteiger partial charge >= 0.3 is 0 Å². The van der Waals surface area contributed by atoms with Gasteiger partial charge in [0.25, 0.3) is 0 Å². The molecule has 0 heterocycles. The molecule has 0 saturated heterocycles. The first-order valence-corrected chi connectivity index (χ1v) is 6.72. The van der Waals surface area contributed by atoms with E-state index in [0.29, 0.717) is 5.92 Å². The zero-order valence-electron chi connectivity index (χ0n) is 11.5. The van der Waals surface area contributed by atoms with Crippen LogP contribution in [0.5, 0.6) is 0 Å². The highest BCUT2D eigenvalue weighted by molar-refractivity contribution is 5.87. The molecule has 1 fully saturated rings. The summed E-state index contributed by atoms with van der Waals surface area (Å²) in [4.78, 5) is 23.2. The van der Waals surface area contributed by atoms with Crippen molar-refractivity contribution >= 4 is 11.8 Å². The van der Waals surface area contributed by atoms with Crippen LogP contribution >= 0.6 is 0 Å². The van der Waals surface area contributed by atoms with Gasteiger partial charge in [0, 0.05) is 6.04 Å². The Balaban J connectivity index is 2.23. The largest absolute Gasteiger partial charge is 0.352 e. The van der Waals surface area contributed by atoms with Crippen LogP contribution in [0.2, 0.25) is 0 Å². The van der Waals surface area contributed by atoms with E-state index >= 15 is 0 Å². The van der Waals surface area contributed by atoms with Crippen LogP contribution in [-0.2, 0) is 9.59 Å². The Bertz CT molecular complexity index is 305. The molecule has 5 nitrogen and oxygen atoms in total. The van der Waals surface area contributed by atoms with Crippen LogP contribution < -0.4 is 16.4 Å². The van der Waals surface area contributed by atoms with Crippen molar-refractivity contribution in [3.63, 3.8) is 0 Å². The molecule has 0 bridgehead atoms. The fraction of sp³-hybridized carbons (Fsp3) is 0.846. The van der Waals surface area contributed by atoms with Crippen LogP contribution in [-0.4, -0.2) is 30.4 Å². The van der Waals surface area contributed by atoms with E-state index in [-0.39, 0.29) is 30.3 Å². The van der Waals surface area contributed by atoms with Crippen LogP contribution in [0.3, 0.4) is 0 Å². The van der Waals surface area contributed by atoms with E-state index in [2.05, 4.69) is 17.6 Å². The van der Waals surface area contributed by atoms with E-state index < -0.39 is 6.04 Å². The van der Waals surface area contributed by atoms with Gasteiger partial charge in [-0.3, -0.25) is 9.59 Å². The fourth-order valence-corrected chi connectivity index (χ4v) is 2.20. The second-order valence-electron chi connectivity index (χ2n) is 5.67. The van der Waals surface area contributed by atoms with Gasteiger partial charge in [0.2, 0.25) is 11.8 Å². The summed E-state index contributed by atoms with van der Waals surface area (Å²) in [6.07, 6.45) is 3.23. The monoisotopic (exact) mass is 255 g/mol. The van der Waals surface area contributed by atoms with Crippen LogP contribution in [0.25, 0.3) is 0 Å². The Labute approximate surface area is 109 Å². The van der Waals surface area contributed by atoms with E-state index in [1.165, 1.54) is 0 Å². The maximum atomic E-state index is 11.6. The molecule has 2 amide bonds. The van der Waals surface area contributed by atoms with E-state index in [4.69, 9.17) is 5.73 Å². The molecule has 0 spiro atoms. The molecule has 5 heteroatoms. The van der Waals surface area contributed by atoms with Crippen molar-refractivity contribution in [2.24, 2.45) is 17.6 Å². The summed E-state index contributed by atoms with van der Waals surface area (Å²) in [5, 5.41) is 5.51. The van der Waals surface area contributed by atoms with Crippen LogP contribution in [0.4, 0.5) is 0 Å². The number of nitrogens with two attached hydrogens (primary N) is 1. The van der Waals surface area contributed by atoms with Gasteiger partial charge < -0.3 is 16.4 Å². The Morgan fingerprint density at radius 3 is 2.50 bits per heavy atom. The molecule has 0 aromatic heterocycles. The van der Waals surface area contributed by atoms with E-state index in [1.807, 2.05) is 13.8 Å². The predicted octanol–water partition coefficient (Wildman–Crippen LogP) is 0.391. The van der Waals surface area contributed by atoms with E-state index in [1.54, 1.807) is 0 Å². The third kappa shape index (κ3) is 4.64. The SMILES string of the molecule is CC1CCC(NC(=O)CNC(=O)[C@@H](N)C(C)C)C1. The Hall–Kier alpha value is -1.10. The zero-order valence-corrected chi connectivity index (χ0v) is 11.5. The zero-order chi connectivity index (χ0) is 13.7. The molecule has 1 saturated carbocycles. The molecule has 3 atom stereocenters. The van der Waals surface area contributed by atoms with E-state index in [0.717, 1.165) is 19.3 Å². The summed E-state index contributed by atoms with van der Waals surface area (Å²) < 4.78 is 0. The second-order valence-corrected chi connectivity index (χ2v) is 5.67. The molecule has 104 valence electrons. The quantitative estimate of drug-likeness (QED) is 0.664. The number of hydrogen-bond donors (Lipinski definition) is 3. The number of nitrogens with one attached hydrogen (secondary N) is 2. The molecule has 1 rings (SSSR count). The fourth-order valence-electron chi connectivity index (χ4n) is 2.20. The van der Waals surface area contributed by atoms with Gasteiger partial charge in [0.05, 0.1) is 12.6 Å². The second kappa shape index (κ2) is 6.73. The number of carbonyl (C=O) groups is 2. The first-order chi connectivity index (χ1) is 8.40.